The first-order valence-electron chi connectivity index (χ1n) is 9.85. The van der Waals surface area contributed by atoms with Crippen LogP contribution in [0.25, 0.3) is 0 Å². The van der Waals surface area contributed by atoms with Gasteiger partial charge in [0, 0.05) is 35.6 Å². The number of carbonyl (C=O) groups is 2. The molecule has 162 valence electrons. The minimum atomic E-state index is -1.44. The van der Waals surface area contributed by atoms with E-state index in [2.05, 4.69) is 20.9 Å². The van der Waals surface area contributed by atoms with Crippen molar-refractivity contribution in [2.75, 3.05) is 17.2 Å². The fourth-order valence-electron chi connectivity index (χ4n) is 3.52. The minimum absolute atomic E-state index is 0.175. The average Bonchev–Trinajstić information content (AvgIpc) is 3.21. The first-order chi connectivity index (χ1) is 15.1. The van der Waals surface area contributed by atoms with Gasteiger partial charge in [0.05, 0.1) is 23.6 Å². The number of amides is 2. The van der Waals surface area contributed by atoms with Gasteiger partial charge in [0.15, 0.2) is 10.0 Å². The van der Waals surface area contributed by atoms with Crippen LogP contribution in [-0.4, -0.2) is 44.5 Å². The molecule has 3 heterocycles. The number of hydrogen-bond acceptors (Lipinski definition) is 8. The number of aromatic nitrogens is 1. The van der Waals surface area contributed by atoms with Gasteiger partial charge < -0.3 is 25.9 Å². The lowest BCUT2D eigenvalue weighted by molar-refractivity contribution is -0.120. The fraction of sp³-hybridized carbons (Fsp3) is 0.300. The Morgan fingerprint density at radius 1 is 1.45 bits per heavy atom. The van der Waals surface area contributed by atoms with E-state index in [1.165, 1.54) is 11.3 Å². The van der Waals surface area contributed by atoms with E-state index in [-0.39, 0.29) is 11.8 Å². The van der Waals surface area contributed by atoms with Gasteiger partial charge in [-0.15, -0.1) is 4.31 Å². The molecule has 1 saturated heterocycles. The van der Waals surface area contributed by atoms with Crippen LogP contribution in [0.3, 0.4) is 0 Å². The lowest BCUT2D eigenvalue weighted by atomic mass is 10.0. The lowest BCUT2D eigenvalue weighted by Gasteiger charge is -2.31. The van der Waals surface area contributed by atoms with E-state index in [1.807, 2.05) is 0 Å². The number of piperidine rings is 1. The van der Waals surface area contributed by atoms with E-state index in [0.29, 0.717) is 40.8 Å². The van der Waals surface area contributed by atoms with Gasteiger partial charge in [-0.25, -0.2) is 4.98 Å². The van der Waals surface area contributed by atoms with Crippen LogP contribution in [0, 0.1) is 5.41 Å². The van der Waals surface area contributed by atoms with Crippen LogP contribution in [0.2, 0.25) is 0 Å². The van der Waals surface area contributed by atoms with Crippen LogP contribution in [0.1, 0.15) is 34.5 Å². The third-order valence-corrected chi connectivity index (χ3v) is 7.56. The highest BCUT2D eigenvalue weighted by Crippen LogP contribution is 2.34. The molecule has 0 aliphatic carbocycles. The predicted octanol–water partition coefficient (Wildman–Crippen LogP) is 2.48. The molecule has 4 N–H and O–H groups in total. The van der Waals surface area contributed by atoms with Crippen LogP contribution in [0.5, 0.6) is 0 Å². The van der Waals surface area contributed by atoms with Gasteiger partial charge in [-0.1, -0.05) is 11.3 Å². The SMILES string of the molecule is N=C/C=C\Nc1ncc(CNC(=O)c2ccc3c(c2)NC(=O)[C@@H]2CCCCN2[S+]3[O-])s1. The highest BCUT2D eigenvalue weighted by Gasteiger charge is 2.41. The zero-order chi connectivity index (χ0) is 21.8. The first kappa shape index (κ1) is 21.5. The number of rotatable bonds is 6. The molecule has 2 aromatic rings. The minimum Gasteiger partial charge on any atom is -0.593 e. The summed E-state index contributed by atoms with van der Waals surface area (Å²) in [4.78, 5) is 30.9. The molecule has 2 aliphatic heterocycles. The zero-order valence-corrected chi connectivity index (χ0v) is 18.2. The molecule has 0 spiro atoms. The second kappa shape index (κ2) is 9.60. The summed E-state index contributed by atoms with van der Waals surface area (Å²) in [6, 6.07) is 4.47. The molecule has 2 amide bonds. The fourth-order valence-corrected chi connectivity index (χ4v) is 5.71. The van der Waals surface area contributed by atoms with Crippen LogP contribution < -0.4 is 16.0 Å². The second-order valence-corrected chi connectivity index (χ2v) is 9.61. The number of thiazole rings is 1. The Morgan fingerprint density at radius 2 is 2.32 bits per heavy atom. The summed E-state index contributed by atoms with van der Waals surface area (Å²) in [6.07, 6.45) is 8.51. The molecule has 9 nitrogen and oxygen atoms in total. The molecule has 31 heavy (non-hydrogen) atoms. The van der Waals surface area contributed by atoms with Crippen molar-refractivity contribution in [3.8, 4) is 0 Å². The van der Waals surface area contributed by atoms with Crippen molar-refractivity contribution in [3.05, 3.63) is 47.1 Å². The van der Waals surface area contributed by atoms with Gasteiger partial charge in [-0.2, -0.15) is 0 Å². The van der Waals surface area contributed by atoms with E-state index in [0.717, 1.165) is 23.9 Å². The van der Waals surface area contributed by atoms with Gasteiger partial charge in [-0.05, 0) is 43.5 Å². The van der Waals surface area contributed by atoms with Crippen molar-refractivity contribution in [3.63, 3.8) is 0 Å². The van der Waals surface area contributed by atoms with Gasteiger partial charge in [0.1, 0.15) is 6.04 Å². The van der Waals surface area contributed by atoms with Gasteiger partial charge in [0.2, 0.25) is 5.91 Å². The number of allylic oxidation sites excluding steroid dienone is 1. The second-order valence-electron chi connectivity index (χ2n) is 7.09. The van der Waals surface area contributed by atoms with Crippen molar-refractivity contribution < 1.29 is 14.1 Å². The summed E-state index contributed by atoms with van der Waals surface area (Å²) in [5.41, 5.74) is 0.806. The number of nitrogens with zero attached hydrogens (tertiary/aromatic N) is 2. The topological polar surface area (TPSA) is 133 Å². The van der Waals surface area contributed by atoms with Gasteiger partial charge in [-0.3, -0.25) is 9.59 Å². The highest BCUT2D eigenvalue weighted by atomic mass is 32.2. The van der Waals surface area contributed by atoms with Crippen molar-refractivity contribution >= 4 is 51.5 Å². The number of fused-ring (bicyclic) bond motifs is 2. The van der Waals surface area contributed by atoms with E-state index >= 15 is 0 Å². The van der Waals surface area contributed by atoms with Crippen molar-refractivity contribution in [1.82, 2.24) is 14.6 Å². The molecular formula is C20H22N6O3S2. The maximum atomic E-state index is 13.0. The van der Waals surface area contributed by atoms with E-state index < -0.39 is 17.4 Å². The monoisotopic (exact) mass is 458 g/mol. The van der Waals surface area contributed by atoms with E-state index in [4.69, 9.17) is 5.41 Å². The maximum absolute atomic E-state index is 13.0. The van der Waals surface area contributed by atoms with Crippen LogP contribution in [0.4, 0.5) is 10.8 Å². The summed E-state index contributed by atoms with van der Waals surface area (Å²) in [6.45, 7) is 0.924. The van der Waals surface area contributed by atoms with Crippen molar-refractivity contribution in [2.45, 2.75) is 36.7 Å². The Balaban J connectivity index is 1.44. The van der Waals surface area contributed by atoms with Crippen LogP contribution >= 0.6 is 11.3 Å². The molecule has 1 aromatic carbocycles. The summed E-state index contributed by atoms with van der Waals surface area (Å²) in [7, 11) is 0. The highest BCUT2D eigenvalue weighted by molar-refractivity contribution is 7.89. The summed E-state index contributed by atoms with van der Waals surface area (Å²) < 4.78 is 14.8. The third-order valence-electron chi connectivity index (χ3n) is 5.03. The molecule has 2 atom stereocenters. The van der Waals surface area contributed by atoms with Gasteiger partial charge in [0.25, 0.3) is 5.91 Å². The molecular weight excluding hydrogens is 436 g/mol. The molecule has 11 heteroatoms. The van der Waals surface area contributed by atoms with Crippen molar-refractivity contribution in [2.24, 2.45) is 0 Å². The number of hydrogen-bond donors (Lipinski definition) is 4. The Kier molecular flexibility index (Phi) is 6.66. The predicted molar refractivity (Wildman–Crippen MR) is 121 cm³/mol. The molecule has 4 rings (SSSR count). The summed E-state index contributed by atoms with van der Waals surface area (Å²) >= 11 is -0.0485. The van der Waals surface area contributed by atoms with Crippen molar-refractivity contribution in [1.29, 1.82) is 5.41 Å². The Morgan fingerprint density at radius 3 is 3.16 bits per heavy atom. The molecule has 1 aromatic heterocycles. The smallest absolute Gasteiger partial charge is 0.251 e. The maximum Gasteiger partial charge on any atom is 0.251 e. The number of nitrogens with one attached hydrogen (secondary N) is 4. The van der Waals surface area contributed by atoms with E-state index in [9.17, 15) is 14.1 Å². The van der Waals surface area contributed by atoms with Gasteiger partial charge >= 0.3 is 0 Å². The summed E-state index contributed by atoms with van der Waals surface area (Å²) in [5.74, 6) is -0.470. The Labute approximate surface area is 186 Å². The Hall–Kier alpha value is -2.73. The molecule has 0 bridgehead atoms. The Bertz CT molecular complexity index is 1020. The molecule has 0 radical (unpaired) electrons. The largest absolute Gasteiger partial charge is 0.593 e. The molecule has 1 fully saturated rings. The normalized spacial score (nSPS) is 21.0. The first-order valence-corrected chi connectivity index (χ1v) is 11.8. The van der Waals surface area contributed by atoms with E-state index in [1.54, 1.807) is 41.0 Å². The van der Waals surface area contributed by atoms with Crippen LogP contribution in [0.15, 0.2) is 41.6 Å². The number of benzene rings is 1. The number of anilines is 2. The summed E-state index contributed by atoms with van der Waals surface area (Å²) in [5, 5.41) is 16.2. The van der Waals surface area contributed by atoms with Crippen LogP contribution in [-0.2, 0) is 22.7 Å². The lowest BCUT2D eigenvalue weighted by Crippen LogP contribution is -2.47. The molecule has 0 saturated carbocycles. The average molecular weight is 459 g/mol. The molecule has 1 unspecified atom stereocenters. The number of carbonyl (C=O) groups excluding carboxylic acids is 2. The third kappa shape index (κ3) is 4.79. The molecule has 2 aliphatic rings. The quantitative estimate of drug-likeness (QED) is 0.388. The standard InChI is InChI=1S/C20H22N6O3S2/c21-7-3-8-22-20-24-12-14(30-20)11-23-18(27)13-5-6-17-15(10-13)25-19(28)16-4-1-2-9-26(16)31(17)29/h3,5-8,10,12,16,21H,1-2,4,9,11H2,(H,22,24)(H,23,27)(H,25,28)/b8-3-,21-7?/t16-,31?/m0/s1. The zero-order valence-electron chi connectivity index (χ0n) is 16.6.